The summed E-state index contributed by atoms with van der Waals surface area (Å²) in [6.45, 7) is 3.90. The van der Waals surface area contributed by atoms with E-state index in [1.165, 1.54) is 6.07 Å². The van der Waals surface area contributed by atoms with Crippen molar-refractivity contribution in [1.82, 2.24) is 14.9 Å². The molecule has 4 rings (SSSR count). The van der Waals surface area contributed by atoms with Gasteiger partial charge in [0.15, 0.2) is 0 Å². The highest BCUT2D eigenvalue weighted by molar-refractivity contribution is 5.91. The normalized spacial score (nSPS) is 18.0. The molecule has 1 saturated heterocycles. The van der Waals surface area contributed by atoms with Crippen LogP contribution in [-0.4, -0.2) is 49.7 Å². The van der Waals surface area contributed by atoms with E-state index in [4.69, 9.17) is 16.2 Å². The average Bonchev–Trinajstić information content (AvgIpc) is 2.98. The molecule has 2 aromatic rings. The van der Waals surface area contributed by atoms with Gasteiger partial charge >= 0.3 is 5.97 Å². The molecule has 2 aliphatic heterocycles. The standard InChI is InChI=1S/C19H23N5O4/c1-10-6-11(7-12(14(10)25)17(26)27)9-24-4-2-19(3-5-24)8-13-15(20)22-18(21)23-16(13)28-19/h6-7,25H,2-5,8-9H2,1H3,(H,26,27)(H4,20,21,22,23). The molecule has 0 atom stereocenters. The van der Waals surface area contributed by atoms with Gasteiger partial charge in [0.2, 0.25) is 11.8 Å². The van der Waals surface area contributed by atoms with Gasteiger partial charge in [0.25, 0.3) is 0 Å². The van der Waals surface area contributed by atoms with E-state index in [0.29, 0.717) is 30.2 Å². The second kappa shape index (κ2) is 6.52. The van der Waals surface area contributed by atoms with E-state index in [1.54, 1.807) is 6.92 Å². The molecule has 0 radical (unpaired) electrons. The van der Waals surface area contributed by atoms with Crippen LogP contribution in [0.25, 0.3) is 0 Å². The van der Waals surface area contributed by atoms with Crippen LogP contribution in [0.15, 0.2) is 12.1 Å². The van der Waals surface area contributed by atoms with Gasteiger partial charge in [0.05, 0.1) is 5.56 Å². The number of carboxylic acid groups (broad SMARTS) is 1. The second-order valence-corrected chi connectivity index (χ2v) is 7.60. The van der Waals surface area contributed by atoms with Crippen molar-refractivity contribution in [2.45, 2.75) is 38.3 Å². The van der Waals surface area contributed by atoms with Gasteiger partial charge in [-0.3, -0.25) is 4.90 Å². The van der Waals surface area contributed by atoms with E-state index in [-0.39, 0.29) is 22.9 Å². The van der Waals surface area contributed by atoms with Gasteiger partial charge in [-0.05, 0) is 24.1 Å². The number of nitrogens with two attached hydrogens (primary N) is 2. The van der Waals surface area contributed by atoms with Crippen molar-refractivity contribution in [3.05, 3.63) is 34.4 Å². The zero-order valence-corrected chi connectivity index (χ0v) is 15.6. The van der Waals surface area contributed by atoms with Gasteiger partial charge in [-0.15, -0.1) is 0 Å². The molecule has 0 amide bonds. The average molecular weight is 385 g/mol. The number of hydrogen-bond donors (Lipinski definition) is 4. The molecule has 0 saturated carbocycles. The number of carbonyl (C=O) groups is 1. The van der Waals surface area contributed by atoms with E-state index >= 15 is 0 Å². The first-order valence-electron chi connectivity index (χ1n) is 9.15. The number of aromatic hydroxyl groups is 1. The number of carboxylic acids is 1. The Kier molecular flexibility index (Phi) is 4.26. The molecule has 148 valence electrons. The predicted octanol–water partition coefficient (Wildman–Crippen LogP) is 1.32. The Morgan fingerprint density at radius 1 is 1.29 bits per heavy atom. The van der Waals surface area contributed by atoms with Crippen molar-refractivity contribution in [1.29, 1.82) is 0 Å². The zero-order valence-electron chi connectivity index (χ0n) is 15.6. The van der Waals surface area contributed by atoms with Gasteiger partial charge in [0.1, 0.15) is 22.7 Å². The van der Waals surface area contributed by atoms with Crippen LogP contribution in [0.5, 0.6) is 11.6 Å². The number of hydrogen-bond acceptors (Lipinski definition) is 8. The fourth-order valence-electron chi connectivity index (χ4n) is 4.08. The van der Waals surface area contributed by atoms with Crippen LogP contribution in [0, 0.1) is 6.92 Å². The Labute approximate surface area is 162 Å². The fraction of sp³-hybridized carbons (Fsp3) is 0.421. The number of aromatic carboxylic acids is 1. The van der Waals surface area contributed by atoms with Crippen LogP contribution in [0.4, 0.5) is 11.8 Å². The highest BCUT2D eigenvalue weighted by Gasteiger charge is 2.44. The van der Waals surface area contributed by atoms with E-state index in [0.717, 1.165) is 37.1 Å². The lowest BCUT2D eigenvalue weighted by molar-refractivity contribution is 0.0145. The van der Waals surface area contributed by atoms with Crippen molar-refractivity contribution in [2.24, 2.45) is 0 Å². The first-order chi connectivity index (χ1) is 13.3. The Morgan fingerprint density at radius 2 is 2.00 bits per heavy atom. The Bertz CT molecular complexity index is 954. The number of aryl methyl sites for hydroxylation is 1. The number of ether oxygens (including phenoxy) is 1. The van der Waals surface area contributed by atoms with Gasteiger partial charge in [-0.1, -0.05) is 6.07 Å². The molecule has 3 heterocycles. The number of piperidine rings is 1. The summed E-state index contributed by atoms with van der Waals surface area (Å²) >= 11 is 0. The monoisotopic (exact) mass is 385 g/mol. The Balaban J connectivity index is 1.45. The molecule has 9 nitrogen and oxygen atoms in total. The molecule has 9 heteroatoms. The van der Waals surface area contributed by atoms with Crippen molar-refractivity contribution in [2.75, 3.05) is 24.6 Å². The minimum Gasteiger partial charge on any atom is -0.507 e. The molecular formula is C19H23N5O4. The number of anilines is 2. The zero-order chi connectivity index (χ0) is 20.1. The molecule has 1 aromatic heterocycles. The van der Waals surface area contributed by atoms with Gasteiger partial charge < -0.3 is 26.4 Å². The second-order valence-electron chi connectivity index (χ2n) is 7.60. The first-order valence-corrected chi connectivity index (χ1v) is 9.15. The highest BCUT2D eigenvalue weighted by atomic mass is 16.5. The SMILES string of the molecule is Cc1cc(CN2CCC3(CC2)Cc2c(N)nc(N)nc2O3)cc(C(=O)O)c1O. The fourth-order valence-corrected chi connectivity index (χ4v) is 4.08. The largest absolute Gasteiger partial charge is 0.507 e. The van der Waals surface area contributed by atoms with Crippen LogP contribution in [0.2, 0.25) is 0 Å². The number of fused-ring (bicyclic) bond motifs is 1. The highest BCUT2D eigenvalue weighted by Crippen LogP contribution is 2.42. The lowest BCUT2D eigenvalue weighted by Crippen LogP contribution is -2.47. The van der Waals surface area contributed by atoms with Gasteiger partial charge in [0, 0.05) is 38.9 Å². The lowest BCUT2D eigenvalue weighted by Gasteiger charge is -2.38. The van der Waals surface area contributed by atoms with Crippen LogP contribution in [0.3, 0.4) is 0 Å². The van der Waals surface area contributed by atoms with E-state index in [1.807, 2.05) is 6.07 Å². The van der Waals surface area contributed by atoms with Crippen molar-refractivity contribution in [3.8, 4) is 11.6 Å². The summed E-state index contributed by atoms with van der Waals surface area (Å²) in [7, 11) is 0. The summed E-state index contributed by atoms with van der Waals surface area (Å²) in [6.07, 6.45) is 2.26. The molecule has 1 aromatic carbocycles. The maximum absolute atomic E-state index is 11.3. The maximum atomic E-state index is 11.3. The molecule has 0 aliphatic carbocycles. The third-order valence-corrected chi connectivity index (χ3v) is 5.59. The summed E-state index contributed by atoms with van der Waals surface area (Å²) in [5.74, 6) is -0.331. The first kappa shape index (κ1) is 18.3. The minimum absolute atomic E-state index is 0.0651. The third-order valence-electron chi connectivity index (χ3n) is 5.59. The van der Waals surface area contributed by atoms with Crippen LogP contribution >= 0.6 is 0 Å². The molecule has 0 bridgehead atoms. The molecule has 1 spiro atoms. The topological polar surface area (TPSA) is 148 Å². The van der Waals surface area contributed by atoms with Crippen LogP contribution in [0.1, 0.15) is 39.9 Å². The van der Waals surface area contributed by atoms with Crippen LogP contribution < -0.4 is 16.2 Å². The predicted molar refractivity (Wildman–Crippen MR) is 102 cm³/mol. The number of nitrogens with zero attached hydrogens (tertiary/aromatic N) is 3. The third kappa shape index (κ3) is 3.18. The molecular weight excluding hydrogens is 362 g/mol. The molecule has 2 aliphatic rings. The number of aromatic nitrogens is 2. The summed E-state index contributed by atoms with van der Waals surface area (Å²) in [5.41, 5.74) is 13.5. The number of phenols is 1. The number of benzene rings is 1. The summed E-state index contributed by atoms with van der Waals surface area (Å²) in [6, 6.07) is 3.36. The Hall–Kier alpha value is -3.07. The molecule has 6 N–H and O–H groups in total. The maximum Gasteiger partial charge on any atom is 0.339 e. The van der Waals surface area contributed by atoms with Crippen molar-refractivity contribution < 1.29 is 19.7 Å². The Morgan fingerprint density at radius 3 is 2.68 bits per heavy atom. The quantitative estimate of drug-likeness (QED) is 0.614. The summed E-state index contributed by atoms with van der Waals surface area (Å²) in [5, 5.41) is 19.2. The van der Waals surface area contributed by atoms with Crippen molar-refractivity contribution in [3.63, 3.8) is 0 Å². The smallest absolute Gasteiger partial charge is 0.339 e. The van der Waals surface area contributed by atoms with Crippen molar-refractivity contribution >= 4 is 17.7 Å². The van der Waals surface area contributed by atoms with Gasteiger partial charge in [-0.2, -0.15) is 9.97 Å². The van der Waals surface area contributed by atoms with E-state index < -0.39 is 5.97 Å². The van der Waals surface area contributed by atoms with Gasteiger partial charge in [-0.25, -0.2) is 4.79 Å². The number of likely N-dealkylation sites (tertiary alicyclic amines) is 1. The summed E-state index contributed by atoms with van der Waals surface area (Å²) in [4.78, 5) is 21.8. The van der Waals surface area contributed by atoms with E-state index in [9.17, 15) is 15.0 Å². The molecule has 0 unspecified atom stereocenters. The van der Waals surface area contributed by atoms with Crippen LogP contribution in [-0.2, 0) is 13.0 Å². The minimum atomic E-state index is -1.13. The van der Waals surface area contributed by atoms with E-state index in [2.05, 4.69) is 14.9 Å². The molecule has 28 heavy (non-hydrogen) atoms. The molecule has 1 fully saturated rings. The summed E-state index contributed by atoms with van der Waals surface area (Å²) < 4.78 is 6.13. The number of rotatable bonds is 3. The lowest BCUT2D eigenvalue weighted by atomic mass is 9.87. The number of nitrogen functional groups attached to an aromatic ring is 2.